The third-order valence-electron chi connectivity index (χ3n) is 11.0. The molecule has 4 saturated carbocycles. The van der Waals surface area contributed by atoms with Gasteiger partial charge in [-0.15, -0.1) is 5.16 Å². The summed E-state index contributed by atoms with van der Waals surface area (Å²) in [7, 11) is 0. The summed E-state index contributed by atoms with van der Waals surface area (Å²) >= 11 is 0. The molecular weight excluding hydrogens is 374 g/mol. The number of hydrogen-bond acceptors (Lipinski definition) is 4. The van der Waals surface area contributed by atoms with Crippen molar-refractivity contribution in [3.05, 3.63) is 0 Å². The standard InChI is InChI=1S/C26H45NO3/c1-5-18-22-15-17(28)10-12-26(22,4)21-11-13-25(3)19(16(2)7-6-14-27-30)8-9-20(25)23(21)24(18)29/h14,16-24,28-30H,5-13,15H2,1-4H3/b27-14+/t16-,17-,18-,19-,20+,21+,22+,23+,24-,25-,26-/m1/s1. The molecule has 172 valence electrons. The van der Waals surface area contributed by atoms with E-state index in [2.05, 4.69) is 32.9 Å². The van der Waals surface area contributed by atoms with Crippen LogP contribution in [0, 0.1) is 52.3 Å². The first-order valence-electron chi connectivity index (χ1n) is 12.8. The molecule has 0 unspecified atom stereocenters. The lowest BCUT2D eigenvalue weighted by atomic mass is 9.41. The average molecular weight is 420 g/mol. The van der Waals surface area contributed by atoms with Crippen LogP contribution in [0.3, 0.4) is 0 Å². The Bertz CT molecular complexity index is 638. The van der Waals surface area contributed by atoms with Gasteiger partial charge < -0.3 is 15.4 Å². The van der Waals surface area contributed by atoms with Gasteiger partial charge in [0.25, 0.3) is 0 Å². The fourth-order valence-electron chi connectivity index (χ4n) is 9.53. The van der Waals surface area contributed by atoms with E-state index in [9.17, 15) is 10.2 Å². The maximum Gasteiger partial charge on any atom is 0.0605 e. The van der Waals surface area contributed by atoms with Crippen molar-refractivity contribution in [1.29, 1.82) is 0 Å². The molecule has 4 rings (SSSR count). The van der Waals surface area contributed by atoms with Gasteiger partial charge in [-0.25, -0.2) is 0 Å². The van der Waals surface area contributed by atoms with Gasteiger partial charge >= 0.3 is 0 Å². The van der Waals surface area contributed by atoms with Crippen molar-refractivity contribution >= 4 is 6.21 Å². The Morgan fingerprint density at radius 1 is 1.00 bits per heavy atom. The average Bonchev–Trinajstić information content (AvgIpc) is 3.07. The van der Waals surface area contributed by atoms with E-state index in [1.54, 1.807) is 6.21 Å². The molecule has 4 aliphatic carbocycles. The summed E-state index contributed by atoms with van der Waals surface area (Å²) in [6.45, 7) is 9.69. The zero-order chi connectivity index (χ0) is 21.7. The van der Waals surface area contributed by atoms with Gasteiger partial charge in [-0.2, -0.15) is 0 Å². The second-order valence-electron chi connectivity index (χ2n) is 12.0. The van der Waals surface area contributed by atoms with E-state index in [1.165, 1.54) is 25.7 Å². The Labute approximate surface area is 183 Å². The van der Waals surface area contributed by atoms with Gasteiger partial charge in [0, 0.05) is 6.21 Å². The molecule has 4 heteroatoms. The first-order valence-corrected chi connectivity index (χ1v) is 12.8. The molecule has 3 N–H and O–H groups in total. The van der Waals surface area contributed by atoms with Gasteiger partial charge in [0.2, 0.25) is 0 Å². The second kappa shape index (κ2) is 8.39. The van der Waals surface area contributed by atoms with Crippen LogP contribution in [0.4, 0.5) is 0 Å². The molecular formula is C26H45NO3. The van der Waals surface area contributed by atoms with Crippen LogP contribution in [-0.4, -0.2) is 33.8 Å². The quantitative estimate of drug-likeness (QED) is 0.313. The van der Waals surface area contributed by atoms with E-state index < -0.39 is 0 Å². The lowest BCUT2D eigenvalue weighted by molar-refractivity contribution is -0.203. The Kier molecular flexibility index (Phi) is 6.31. The van der Waals surface area contributed by atoms with Crippen LogP contribution in [0.2, 0.25) is 0 Å². The smallest absolute Gasteiger partial charge is 0.0605 e. The predicted molar refractivity (Wildman–Crippen MR) is 120 cm³/mol. The Morgan fingerprint density at radius 3 is 2.40 bits per heavy atom. The fraction of sp³-hybridized carbons (Fsp3) is 0.962. The molecule has 4 fully saturated rings. The number of nitrogens with zero attached hydrogens (tertiary/aromatic N) is 1. The molecule has 11 atom stereocenters. The Morgan fingerprint density at radius 2 is 1.70 bits per heavy atom. The summed E-state index contributed by atoms with van der Waals surface area (Å²) in [6, 6.07) is 0. The van der Waals surface area contributed by atoms with Gasteiger partial charge in [0.05, 0.1) is 12.2 Å². The van der Waals surface area contributed by atoms with Crippen molar-refractivity contribution in [2.75, 3.05) is 0 Å². The number of aliphatic hydroxyl groups is 2. The normalized spacial score (nSPS) is 51.9. The Balaban J connectivity index is 1.61. The van der Waals surface area contributed by atoms with Gasteiger partial charge in [0.15, 0.2) is 0 Å². The zero-order valence-corrected chi connectivity index (χ0v) is 19.6. The molecule has 0 bridgehead atoms. The van der Waals surface area contributed by atoms with Crippen molar-refractivity contribution < 1.29 is 15.4 Å². The summed E-state index contributed by atoms with van der Waals surface area (Å²) in [5, 5.41) is 34.1. The van der Waals surface area contributed by atoms with E-state index in [0.29, 0.717) is 46.8 Å². The zero-order valence-electron chi connectivity index (χ0n) is 19.6. The molecule has 4 nitrogen and oxygen atoms in total. The maximum atomic E-state index is 11.7. The third kappa shape index (κ3) is 3.36. The van der Waals surface area contributed by atoms with E-state index in [-0.39, 0.29) is 17.6 Å². The fourth-order valence-corrected chi connectivity index (χ4v) is 9.53. The molecule has 0 amide bonds. The number of oxime groups is 1. The summed E-state index contributed by atoms with van der Waals surface area (Å²) in [6.07, 6.45) is 12.3. The van der Waals surface area contributed by atoms with Crippen LogP contribution in [-0.2, 0) is 0 Å². The number of hydrogen-bond donors (Lipinski definition) is 3. The number of aliphatic hydroxyl groups excluding tert-OH is 2. The van der Waals surface area contributed by atoms with Crippen LogP contribution >= 0.6 is 0 Å². The van der Waals surface area contributed by atoms with E-state index in [0.717, 1.165) is 38.5 Å². The molecule has 0 aromatic heterocycles. The monoisotopic (exact) mass is 419 g/mol. The topological polar surface area (TPSA) is 73.1 Å². The predicted octanol–water partition coefficient (Wildman–Crippen LogP) is 5.49. The minimum Gasteiger partial charge on any atom is -0.411 e. The minimum atomic E-state index is -0.205. The highest BCUT2D eigenvalue weighted by Gasteiger charge is 2.64. The van der Waals surface area contributed by atoms with E-state index in [1.807, 2.05) is 0 Å². The largest absolute Gasteiger partial charge is 0.411 e. The van der Waals surface area contributed by atoms with E-state index in [4.69, 9.17) is 5.21 Å². The van der Waals surface area contributed by atoms with Crippen molar-refractivity contribution in [1.82, 2.24) is 0 Å². The second-order valence-corrected chi connectivity index (χ2v) is 12.0. The minimum absolute atomic E-state index is 0.172. The molecule has 0 spiro atoms. The Hall–Kier alpha value is -0.610. The molecule has 0 aromatic rings. The molecule has 0 aliphatic heterocycles. The van der Waals surface area contributed by atoms with Gasteiger partial charge in [0.1, 0.15) is 0 Å². The van der Waals surface area contributed by atoms with Crippen molar-refractivity contribution in [3.63, 3.8) is 0 Å². The highest BCUT2D eigenvalue weighted by molar-refractivity contribution is 5.55. The summed E-state index contributed by atoms with van der Waals surface area (Å²) in [5.41, 5.74) is 0.611. The highest BCUT2D eigenvalue weighted by atomic mass is 16.4. The van der Waals surface area contributed by atoms with Crippen LogP contribution in [0.25, 0.3) is 0 Å². The first-order chi connectivity index (χ1) is 14.3. The van der Waals surface area contributed by atoms with Crippen LogP contribution in [0.1, 0.15) is 91.9 Å². The number of fused-ring (bicyclic) bond motifs is 5. The lowest BCUT2D eigenvalue weighted by Gasteiger charge is -2.64. The van der Waals surface area contributed by atoms with Crippen LogP contribution in [0.5, 0.6) is 0 Å². The van der Waals surface area contributed by atoms with Crippen molar-refractivity contribution in [2.24, 2.45) is 57.4 Å². The SMILES string of the molecule is CC[C@H]1[C@@H](O)[C@@H]2[C@H](CC[C@]3(C)[C@@H]([C@H](C)CC/C=N/O)CC[C@@H]23)[C@@]2(C)CC[C@@H](O)C[C@@H]12. The van der Waals surface area contributed by atoms with Gasteiger partial charge in [-0.3, -0.25) is 0 Å². The molecule has 0 saturated heterocycles. The van der Waals surface area contributed by atoms with Crippen molar-refractivity contribution in [2.45, 2.75) is 104 Å². The summed E-state index contributed by atoms with van der Waals surface area (Å²) < 4.78 is 0. The van der Waals surface area contributed by atoms with E-state index >= 15 is 0 Å². The van der Waals surface area contributed by atoms with Gasteiger partial charge in [-0.1, -0.05) is 34.1 Å². The molecule has 30 heavy (non-hydrogen) atoms. The first kappa shape index (κ1) is 22.6. The number of rotatable bonds is 5. The maximum absolute atomic E-state index is 11.7. The third-order valence-corrected chi connectivity index (χ3v) is 11.0. The summed E-state index contributed by atoms with van der Waals surface area (Å²) in [4.78, 5) is 0. The molecule has 0 heterocycles. The van der Waals surface area contributed by atoms with Crippen LogP contribution < -0.4 is 0 Å². The molecule has 4 aliphatic rings. The molecule has 0 radical (unpaired) electrons. The molecule has 0 aromatic carbocycles. The van der Waals surface area contributed by atoms with Crippen molar-refractivity contribution in [3.8, 4) is 0 Å². The lowest BCUT2D eigenvalue weighted by Crippen LogP contribution is -2.62. The van der Waals surface area contributed by atoms with Crippen LogP contribution in [0.15, 0.2) is 5.16 Å². The highest BCUT2D eigenvalue weighted by Crippen LogP contribution is 2.69. The van der Waals surface area contributed by atoms with Gasteiger partial charge in [-0.05, 0) is 110 Å². The summed E-state index contributed by atoms with van der Waals surface area (Å²) in [5.74, 6) is 3.82.